The molecule has 1 rings (SSSR count). The normalized spacial score (nSPS) is 13.5. The summed E-state index contributed by atoms with van der Waals surface area (Å²) in [6.45, 7) is 5.02. The molecular weight excluding hydrogens is 322 g/mol. The first-order valence-corrected chi connectivity index (χ1v) is 10.4. The summed E-state index contributed by atoms with van der Waals surface area (Å²) in [6, 6.07) is 8.43. The molecule has 1 unspecified atom stereocenters. The second kappa shape index (κ2) is 11.1. The van der Waals surface area contributed by atoms with Gasteiger partial charge in [-0.05, 0) is 25.0 Å². The van der Waals surface area contributed by atoms with Crippen LogP contribution >= 0.6 is 0 Å². The molecule has 5 nitrogen and oxygen atoms in total. The minimum Gasteiger partial charge on any atom is -0.356 e. The van der Waals surface area contributed by atoms with Gasteiger partial charge in [0.1, 0.15) is 0 Å². The Morgan fingerprint density at radius 1 is 1.12 bits per heavy atom. The van der Waals surface area contributed by atoms with E-state index in [1.54, 1.807) is 31.3 Å². The lowest BCUT2D eigenvalue weighted by Gasteiger charge is -2.20. The first-order valence-electron chi connectivity index (χ1n) is 8.78. The Morgan fingerprint density at radius 2 is 1.83 bits per heavy atom. The third kappa shape index (κ3) is 7.34. The molecule has 0 heterocycles. The van der Waals surface area contributed by atoms with Crippen molar-refractivity contribution in [1.82, 2.24) is 10.6 Å². The van der Waals surface area contributed by atoms with E-state index in [1.807, 2.05) is 13.0 Å². The molecule has 0 aliphatic rings. The molecule has 0 aliphatic carbocycles. The molecule has 0 amide bonds. The Morgan fingerprint density at radius 3 is 2.42 bits per heavy atom. The molecule has 0 aliphatic heterocycles. The zero-order valence-electron chi connectivity index (χ0n) is 15.1. The van der Waals surface area contributed by atoms with Crippen molar-refractivity contribution in [2.24, 2.45) is 4.99 Å². The summed E-state index contributed by atoms with van der Waals surface area (Å²) in [5.74, 6) is 0.728. The fraction of sp³-hybridized carbons (Fsp3) is 0.611. The third-order valence-corrected chi connectivity index (χ3v) is 5.73. The largest absolute Gasteiger partial charge is 0.356 e. The molecular formula is C18H31N3O2S. The molecule has 0 aromatic heterocycles. The Kier molecular flexibility index (Phi) is 9.45. The van der Waals surface area contributed by atoms with Crippen LogP contribution in [0.25, 0.3) is 0 Å². The van der Waals surface area contributed by atoms with Crippen LogP contribution in [-0.2, 0) is 9.84 Å². The van der Waals surface area contributed by atoms with Crippen molar-refractivity contribution < 1.29 is 8.42 Å². The lowest BCUT2D eigenvalue weighted by molar-refractivity contribution is 0.567. The van der Waals surface area contributed by atoms with Gasteiger partial charge in [-0.3, -0.25) is 4.99 Å². The fourth-order valence-corrected chi connectivity index (χ4v) is 4.01. The molecule has 0 radical (unpaired) electrons. The van der Waals surface area contributed by atoms with Gasteiger partial charge in [-0.1, -0.05) is 51.3 Å². The highest BCUT2D eigenvalue weighted by Crippen LogP contribution is 2.12. The molecule has 1 aromatic rings. The molecule has 1 aromatic carbocycles. The molecule has 2 N–H and O–H groups in total. The maximum absolute atomic E-state index is 12.5. The number of aliphatic imine (C=N–C) groups is 1. The first kappa shape index (κ1) is 20.5. The average Bonchev–Trinajstić information content (AvgIpc) is 2.60. The van der Waals surface area contributed by atoms with E-state index in [2.05, 4.69) is 22.5 Å². The first-order chi connectivity index (χ1) is 11.5. The van der Waals surface area contributed by atoms with Crippen molar-refractivity contribution in [2.75, 3.05) is 19.3 Å². The van der Waals surface area contributed by atoms with Crippen molar-refractivity contribution in [3.8, 4) is 0 Å². The predicted molar refractivity (Wildman–Crippen MR) is 101 cm³/mol. The number of nitrogens with one attached hydrogen (secondary N) is 2. The van der Waals surface area contributed by atoms with Crippen LogP contribution in [-0.4, -0.2) is 39.8 Å². The van der Waals surface area contributed by atoms with Crippen molar-refractivity contribution in [2.45, 2.75) is 56.9 Å². The van der Waals surface area contributed by atoms with Gasteiger partial charge in [0.2, 0.25) is 0 Å². The highest BCUT2D eigenvalue weighted by Gasteiger charge is 2.20. The topological polar surface area (TPSA) is 70.6 Å². The van der Waals surface area contributed by atoms with Crippen LogP contribution < -0.4 is 10.6 Å². The highest BCUT2D eigenvalue weighted by molar-refractivity contribution is 7.91. The summed E-state index contributed by atoms with van der Waals surface area (Å²) in [4.78, 5) is 4.56. The number of rotatable bonds is 10. The number of benzene rings is 1. The van der Waals surface area contributed by atoms with E-state index in [0.29, 0.717) is 17.3 Å². The Hall–Kier alpha value is -1.56. The summed E-state index contributed by atoms with van der Waals surface area (Å²) in [5.41, 5.74) is 0. The van der Waals surface area contributed by atoms with Crippen molar-refractivity contribution >= 4 is 15.8 Å². The molecule has 136 valence electrons. The summed E-state index contributed by atoms with van der Waals surface area (Å²) < 4.78 is 25.0. The maximum atomic E-state index is 12.5. The second-order valence-corrected chi connectivity index (χ2v) is 7.94. The standard InChI is InChI=1S/C18H31N3O2S/c1-4-6-7-11-14-20-18(19-3)21-16(5-2)15-24(22,23)17-12-9-8-10-13-17/h8-10,12-13,16H,4-7,11,14-15H2,1-3H3,(H2,19,20,21). The smallest absolute Gasteiger partial charge is 0.191 e. The number of sulfone groups is 1. The van der Waals surface area contributed by atoms with Gasteiger partial charge in [-0.15, -0.1) is 0 Å². The molecule has 1 atom stereocenters. The zero-order chi connectivity index (χ0) is 17.8. The zero-order valence-corrected chi connectivity index (χ0v) is 15.9. The van der Waals surface area contributed by atoms with E-state index < -0.39 is 9.84 Å². The Labute approximate surface area is 146 Å². The lowest BCUT2D eigenvalue weighted by Crippen LogP contribution is -2.46. The second-order valence-electron chi connectivity index (χ2n) is 5.90. The Balaban J connectivity index is 2.56. The summed E-state index contributed by atoms with van der Waals surface area (Å²) in [6.07, 6.45) is 5.44. The van der Waals surface area contributed by atoms with E-state index in [-0.39, 0.29) is 11.8 Å². The van der Waals surface area contributed by atoms with Crippen LogP contribution in [0, 0.1) is 0 Å². The van der Waals surface area contributed by atoms with Crippen LogP contribution in [0.15, 0.2) is 40.2 Å². The monoisotopic (exact) mass is 353 g/mol. The number of nitrogens with zero attached hydrogens (tertiary/aromatic N) is 1. The van der Waals surface area contributed by atoms with E-state index in [0.717, 1.165) is 13.0 Å². The number of hydrogen-bond donors (Lipinski definition) is 2. The average molecular weight is 354 g/mol. The summed E-state index contributed by atoms with van der Waals surface area (Å²) >= 11 is 0. The van der Waals surface area contributed by atoms with Crippen molar-refractivity contribution in [3.63, 3.8) is 0 Å². The molecule has 0 fully saturated rings. The van der Waals surface area contributed by atoms with Gasteiger partial charge in [0.25, 0.3) is 0 Å². The van der Waals surface area contributed by atoms with Gasteiger partial charge in [0, 0.05) is 19.6 Å². The predicted octanol–water partition coefficient (Wildman–Crippen LogP) is 2.98. The Bertz CT molecular complexity index is 586. The maximum Gasteiger partial charge on any atom is 0.191 e. The molecule has 0 bridgehead atoms. The molecule has 0 saturated heterocycles. The van der Waals surface area contributed by atoms with Crippen molar-refractivity contribution in [3.05, 3.63) is 30.3 Å². The molecule has 24 heavy (non-hydrogen) atoms. The van der Waals surface area contributed by atoms with Gasteiger partial charge in [0.15, 0.2) is 15.8 Å². The van der Waals surface area contributed by atoms with Crippen LogP contribution in [0.2, 0.25) is 0 Å². The molecule has 6 heteroatoms. The van der Waals surface area contributed by atoms with Gasteiger partial charge >= 0.3 is 0 Å². The number of unbranched alkanes of at least 4 members (excludes halogenated alkanes) is 3. The minimum atomic E-state index is -3.30. The van der Waals surface area contributed by atoms with Crippen LogP contribution in [0.4, 0.5) is 0 Å². The molecule has 0 saturated carbocycles. The number of hydrogen-bond acceptors (Lipinski definition) is 3. The van der Waals surface area contributed by atoms with Crippen LogP contribution in [0.5, 0.6) is 0 Å². The van der Waals surface area contributed by atoms with Gasteiger partial charge in [-0.2, -0.15) is 0 Å². The van der Waals surface area contributed by atoms with Gasteiger partial charge < -0.3 is 10.6 Å². The van der Waals surface area contributed by atoms with Gasteiger partial charge in [0.05, 0.1) is 10.6 Å². The van der Waals surface area contributed by atoms with E-state index >= 15 is 0 Å². The lowest BCUT2D eigenvalue weighted by atomic mass is 10.2. The molecule has 0 spiro atoms. The summed E-state index contributed by atoms with van der Waals surface area (Å²) in [5, 5.41) is 6.49. The highest BCUT2D eigenvalue weighted by atomic mass is 32.2. The van der Waals surface area contributed by atoms with Crippen molar-refractivity contribution in [1.29, 1.82) is 0 Å². The van der Waals surface area contributed by atoms with E-state index in [9.17, 15) is 8.42 Å². The number of guanidine groups is 1. The summed E-state index contributed by atoms with van der Waals surface area (Å²) in [7, 11) is -1.60. The van der Waals surface area contributed by atoms with E-state index in [1.165, 1.54) is 19.3 Å². The van der Waals surface area contributed by atoms with Crippen LogP contribution in [0.1, 0.15) is 46.0 Å². The van der Waals surface area contributed by atoms with Crippen LogP contribution in [0.3, 0.4) is 0 Å². The quantitative estimate of drug-likeness (QED) is 0.385. The van der Waals surface area contributed by atoms with E-state index in [4.69, 9.17) is 0 Å². The third-order valence-electron chi connectivity index (χ3n) is 3.90. The van der Waals surface area contributed by atoms with Gasteiger partial charge in [-0.25, -0.2) is 8.42 Å². The SMILES string of the molecule is CCCCCCNC(=NC)NC(CC)CS(=O)(=O)c1ccccc1. The minimum absolute atomic E-state index is 0.0596. The fourth-order valence-electron chi connectivity index (χ4n) is 2.40.